The number of esters is 1. The van der Waals surface area contributed by atoms with E-state index in [1.165, 1.54) is 6.07 Å². The number of hydrogen-bond acceptors (Lipinski definition) is 6. The number of fused-ring (bicyclic) bond motifs is 1. The number of benzene rings is 2. The molecule has 1 aliphatic heterocycles. The number of piperazine rings is 1. The first kappa shape index (κ1) is 23.6. The van der Waals surface area contributed by atoms with Crippen LogP contribution in [0.1, 0.15) is 24.3 Å². The average molecular weight is 469 g/mol. The molecule has 0 radical (unpaired) electrons. The van der Waals surface area contributed by atoms with Gasteiger partial charge in [-0.3, -0.25) is 9.69 Å². The summed E-state index contributed by atoms with van der Waals surface area (Å²) in [5.74, 6) is -0.381. The summed E-state index contributed by atoms with van der Waals surface area (Å²) in [6.07, 6.45) is 0. The zero-order valence-electron chi connectivity index (χ0n) is 19.4. The quantitative estimate of drug-likeness (QED) is 0.491. The van der Waals surface area contributed by atoms with Crippen LogP contribution in [-0.4, -0.2) is 67.7 Å². The van der Waals surface area contributed by atoms with Gasteiger partial charge in [0.25, 0.3) is 0 Å². The Morgan fingerprint density at radius 1 is 1.06 bits per heavy atom. The minimum Gasteiger partial charge on any atom is -0.494 e. The third kappa shape index (κ3) is 5.14. The number of H-pyrrole nitrogens is 1. The number of para-hydroxylation sites is 1. The molecule has 34 heavy (non-hydrogen) atoms. The van der Waals surface area contributed by atoms with Gasteiger partial charge in [-0.05, 0) is 44.2 Å². The molecule has 0 aliphatic carbocycles. The molecule has 1 fully saturated rings. The van der Waals surface area contributed by atoms with Crippen LogP contribution >= 0.6 is 0 Å². The van der Waals surface area contributed by atoms with E-state index in [-0.39, 0.29) is 30.6 Å². The average Bonchev–Trinajstić information content (AvgIpc) is 3.18. The van der Waals surface area contributed by atoms with E-state index in [1.54, 1.807) is 37.3 Å². The Morgan fingerprint density at radius 3 is 2.53 bits per heavy atom. The normalized spacial score (nSPS) is 14.3. The Balaban J connectivity index is 1.46. The van der Waals surface area contributed by atoms with Crippen molar-refractivity contribution in [2.24, 2.45) is 0 Å². The lowest BCUT2D eigenvalue weighted by Gasteiger charge is -2.35. The summed E-state index contributed by atoms with van der Waals surface area (Å²) in [6.45, 7) is 6.97. The standard InChI is InChI=1S/C25H29FN4O4/c1-3-33-17-9-10-20-18(15-17)23(24(27-20)25(32)34-4-2)28-22(31)16-29-11-13-30(14-12-29)21-8-6-5-7-19(21)26/h5-10,15,27H,3-4,11-14,16H2,1-2H3,(H,28,31). The zero-order valence-corrected chi connectivity index (χ0v) is 19.4. The lowest BCUT2D eigenvalue weighted by atomic mass is 10.2. The largest absolute Gasteiger partial charge is 0.494 e. The van der Waals surface area contributed by atoms with Crippen LogP contribution in [0.15, 0.2) is 42.5 Å². The predicted molar refractivity (Wildman–Crippen MR) is 129 cm³/mol. The van der Waals surface area contributed by atoms with Crippen LogP contribution in [0.5, 0.6) is 5.75 Å². The number of nitrogens with zero attached hydrogens (tertiary/aromatic N) is 2. The lowest BCUT2D eigenvalue weighted by Crippen LogP contribution is -2.49. The second-order valence-electron chi connectivity index (χ2n) is 8.00. The van der Waals surface area contributed by atoms with Gasteiger partial charge in [-0.25, -0.2) is 9.18 Å². The molecular formula is C25H29FN4O4. The number of aromatic amines is 1. The van der Waals surface area contributed by atoms with Crippen molar-refractivity contribution in [2.75, 3.05) is 56.2 Å². The molecule has 1 aromatic heterocycles. The van der Waals surface area contributed by atoms with Gasteiger partial charge >= 0.3 is 5.97 Å². The van der Waals surface area contributed by atoms with Gasteiger partial charge in [0, 0.05) is 37.1 Å². The number of carbonyl (C=O) groups excluding carboxylic acids is 2. The Hall–Kier alpha value is -3.59. The molecule has 0 spiro atoms. The molecule has 1 amide bonds. The van der Waals surface area contributed by atoms with Gasteiger partial charge < -0.3 is 24.7 Å². The molecule has 2 N–H and O–H groups in total. The Bertz CT molecular complexity index is 1170. The summed E-state index contributed by atoms with van der Waals surface area (Å²) in [4.78, 5) is 32.5. The maximum atomic E-state index is 14.1. The summed E-state index contributed by atoms with van der Waals surface area (Å²) < 4.78 is 24.8. The fourth-order valence-corrected chi connectivity index (χ4v) is 4.15. The molecule has 9 heteroatoms. The maximum absolute atomic E-state index is 14.1. The number of rotatable bonds is 8. The topological polar surface area (TPSA) is 86.9 Å². The van der Waals surface area contributed by atoms with Gasteiger partial charge in [0.2, 0.25) is 5.91 Å². The second kappa shape index (κ2) is 10.6. The van der Waals surface area contributed by atoms with Crippen LogP contribution in [0, 0.1) is 5.82 Å². The van der Waals surface area contributed by atoms with Crippen LogP contribution in [0.3, 0.4) is 0 Å². The lowest BCUT2D eigenvalue weighted by molar-refractivity contribution is -0.117. The summed E-state index contributed by atoms with van der Waals surface area (Å²) in [6, 6.07) is 12.1. The summed E-state index contributed by atoms with van der Waals surface area (Å²) in [5.41, 5.74) is 1.85. The first-order valence-corrected chi connectivity index (χ1v) is 11.5. The molecule has 0 atom stereocenters. The molecule has 1 saturated heterocycles. The number of aromatic nitrogens is 1. The van der Waals surface area contributed by atoms with Crippen LogP contribution in [-0.2, 0) is 9.53 Å². The second-order valence-corrected chi connectivity index (χ2v) is 8.00. The Labute approximate surface area is 197 Å². The van der Waals surface area contributed by atoms with Crippen LogP contribution in [0.2, 0.25) is 0 Å². The van der Waals surface area contributed by atoms with Crippen molar-refractivity contribution in [1.29, 1.82) is 0 Å². The van der Waals surface area contributed by atoms with Crippen LogP contribution in [0.25, 0.3) is 10.9 Å². The summed E-state index contributed by atoms with van der Waals surface area (Å²) in [5, 5.41) is 3.57. The number of carbonyl (C=O) groups is 2. The van der Waals surface area contributed by atoms with Gasteiger partial charge in [-0.1, -0.05) is 12.1 Å². The maximum Gasteiger partial charge on any atom is 0.356 e. The highest BCUT2D eigenvalue weighted by Crippen LogP contribution is 2.31. The van der Waals surface area contributed by atoms with Crippen molar-refractivity contribution >= 4 is 34.2 Å². The highest BCUT2D eigenvalue weighted by molar-refractivity contribution is 6.11. The molecule has 3 aromatic rings. The van der Waals surface area contributed by atoms with Crippen molar-refractivity contribution in [3.05, 3.63) is 54.0 Å². The molecule has 8 nitrogen and oxygen atoms in total. The molecule has 0 saturated carbocycles. The first-order valence-electron chi connectivity index (χ1n) is 11.5. The number of ether oxygens (including phenoxy) is 2. The van der Waals surface area contributed by atoms with Crippen molar-refractivity contribution in [1.82, 2.24) is 9.88 Å². The van der Waals surface area contributed by atoms with E-state index in [4.69, 9.17) is 9.47 Å². The van der Waals surface area contributed by atoms with Crippen molar-refractivity contribution in [3.8, 4) is 5.75 Å². The molecule has 2 aromatic carbocycles. The van der Waals surface area contributed by atoms with Gasteiger partial charge in [-0.2, -0.15) is 0 Å². The van der Waals surface area contributed by atoms with E-state index in [9.17, 15) is 14.0 Å². The monoisotopic (exact) mass is 468 g/mol. The highest BCUT2D eigenvalue weighted by atomic mass is 19.1. The number of nitrogens with one attached hydrogen (secondary N) is 2. The Kier molecular flexibility index (Phi) is 7.32. The van der Waals surface area contributed by atoms with Crippen molar-refractivity contribution in [2.45, 2.75) is 13.8 Å². The number of anilines is 2. The molecule has 2 heterocycles. The van der Waals surface area contributed by atoms with Gasteiger partial charge in [-0.15, -0.1) is 0 Å². The fraction of sp³-hybridized carbons (Fsp3) is 0.360. The zero-order chi connectivity index (χ0) is 24.1. The fourth-order valence-electron chi connectivity index (χ4n) is 4.15. The van der Waals surface area contributed by atoms with E-state index in [2.05, 4.69) is 10.3 Å². The number of halogens is 1. The minimum atomic E-state index is -0.537. The third-order valence-electron chi connectivity index (χ3n) is 5.76. The number of amides is 1. The molecule has 4 rings (SSSR count). The minimum absolute atomic E-state index is 0.158. The summed E-state index contributed by atoms with van der Waals surface area (Å²) in [7, 11) is 0. The van der Waals surface area contributed by atoms with E-state index in [0.29, 0.717) is 60.8 Å². The van der Waals surface area contributed by atoms with Crippen molar-refractivity contribution in [3.63, 3.8) is 0 Å². The third-order valence-corrected chi connectivity index (χ3v) is 5.76. The van der Waals surface area contributed by atoms with Crippen LogP contribution < -0.4 is 15.0 Å². The Morgan fingerprint density at radius 2 is 1.82 bits per heavy atom. The first-order chi connectivity index (χ1) is 16.5. The molecule has 0 unspecified atom stereocenters. The molecule has 180 valence electrons. The van der Waals surface area contributed by atoms with Gasteiger partial charge in [0.15, 0.2) is 0 Å². The van der Waals surface area contributed by atoms with E-state index >= 15 is 0 Å². The summed E-state index contributed by atoms with van der Waals surface area (Å²) >= 11 is 0. The molecular weight excluding hydrogens is 439 g/mol. The SMILES string of the molecule is CCOC(=O)c1[nH]c2ccc(OCC)cc2c1NC(=O)CN1CCN(c2ccccc2F)CC1. The van der Waals surface area contributed by atoms with Gasteiger partial charge in [0.05, 0.1) is 31.1 Å². The van der Waals surface area contributed by atoms with E-state index in [0.717, 1.165) is 0 Å². The van der Waals surface area contributed by atoms with E-state index < -0.39 is 5.97 Å². The predicted octanol–water partition coefficient (Wildman–Crippen LogP) is 3.64. The molecule has 1 aliphatic rings. The molecule has 0 bridgehead atoms. The number of hydrogen-bond donors (Lipinski definition) is 2. The van der Waals surface area contributed by atoms with Crippen LogP contribution in [0.4, 0.5) is 15.8 Å². The van der Waals surface area contributed by atoms with Crippen molar-refractivity contribution < 1.29 is 23.5 Å². The van der Waals surface area contributed by atoms with E-state index in [1.807, 2.05) is 22.8 Å². The smallest absolute Gasteiger partial charge is 0.356 e. The van der Waals surface area contributed by atoms with Gasteiger partial charge in [0.1, 0.15) is 17.3 Å². The highest BCUT2D eigenvalue weighted by Gasteiger charge is 2.24.